The Labute approximate surface area is 136 Å². The maximum Gasteiger partial charge on any atom is 0.289 e. The molecule has 0 spiro atoms. The number of carbonyl (C=O) groups excluding carboxylic acids is 1. The zero-order valence-electron chi connectivity index (χ0n) is 11.9. The second-order valence-corrected chi connectivity index (χ2v) is 5.89. The average Bonchev–Trinajstić information content (AvgIpc) is 3.04. The van der Waals surface area contributed by atoms with Crippen LogP contribution in [0.4, 0.5) is 0 Å². The molecular weight excluding hydrogens is 346 g/mol. The van der Waals surface area contributed by atoms with Crippen LogP contribution < -0.4 is 0 Å². The Morgan fingerprint density at radius 3 is 2.82 bits per heavy atom. The molecule has 0 aliphatic heterocycles. The fraction of sp³-hybridized carbons (Fsp3) is 0.118. The van der Waals surface area contributed by atoms with Crippen LogP contribution >= 0.6 is 15.9 Å². The minimum Gasteiger partial charge on any atom is -0.507 e. The van der Waals surface area contributed by atoms with E-state index >= 15 is 0 Å². The smallest absolute Gasteiger partial charge is 0.289 e. The summed E-state index contributed by atoms with van der Waals surface area (Å²) in [4.78, 5) is 13.8. The highest BCUT2D eigenvalue weighted by molar-refractivity contribution is 9.10. The number of hydrogen-bond donors (Lipinski definition) is 1. The summed E-state index contributed by atoms with van der Waals surface area (Å²) >= 11 is 3.38. The Bertz CT molecular complexity index is 827. The van der Waals surface area contributed by atoms with Crippen molar-refractivity contribution in [1.29, 1.82) is 0 Å². The molecule has 1 amide bonds. The molecule has 22 heavy (non-hydrogen) atoms. The first kappa shape index (κ1) is 14.7. The van der Waals surface area contributed by atoms with Crippen LogP contribution in [0.15, 0.2) is 57.6 Å². The van der Waals surface area contributed by atoms with Crippen molar-refractivity contribution < 1.29 is 14.3 Å². The molecular formula is C17H14BrNO3. The Hall–Kier alpha value is -2.27. The highest BCUT2D eigenvalue weighted by Gasteiger charge is 2.15. The Kier molecular flexibility index (Phi) is 3.90. The lowest BCUT2D eigenvalue weighted by Gasteiger charge is -2.16. The van der Waals surface area contributed by atoms with E-state index in [1.165, 1.54) is 6.26 Å². The predicted molar refractivity (Wildman–Crippen MR) is 87.8 cm³/mol. The number of fused-ring (bicyclic) bond motifs is 1. The van der Waals surface area contributed by atoms with Gasteiger partial charge in [0, 0.05) is 13.6 Å². The number of aromatic hydroxyl groups is 1. The molecule has 2 aromatic carbocycles. The normalized spacial score (nSPS) is 10.8. The van der Waals surface area contributed by atoms with E-state index in [1.807, 2.05) is 24.3 Å². The van der Waals surface area contributed by atoms with Crippen LogP contribution in [0.25, 0.3) is 10.8 Å². The van der Waals surface area contributed by atoms with Gasteiger partial charge in [-0.15, -0.1) is 0 Å². The van der Waals surface area contributed by atoms with Crippen LogP contribution in [0.3, 0.4) is 0 Å². The third-order valence-electron chi connectivity index (χ3n) is 3.50. The van der Waals surface area contributed by atoms with Gasteiger partial charge in [-0.05, 0) is 56.5 Å². The molecule has 0 atom stereocenters. The SMILES string of the molecule is CN(Cc1ccc2c(Br)c(O)ccc2c1)C(=O)c1ccco1. The third kappa shape index (κ3) is 2.72. The Balaban J connectivity index is 1.85. The van der Waals surface area contributed by atoms with Crippen LogP contribution in [0.1, 0.15) is 16.1 Å². The summed E-state index contributed by atoms with van der Waals surface area (Å²) in [5, 5.41) is 11.6. The van der Waals surface area contributed by atoms with Crippen molar-refractivity contribution >= 4 is 32.6 Å². The van der Waals surface area contributed by atoms with Crippen molar-refractivity contribution in [2.24, 2.45) is 0 Å². The van der Waals surface area contributed by atoms with Gasteiger partial charge in [0.05, 0.1) is 10.7 Å². The molecule has 0 unspecified atom stereocenters. The van der Waals surface area contributed by atoms with E-state index in [1.54, 1.807) is 30.1 Å². The summed E-state index contributed by atoms with van der Waals surface area (Å²) in [6.07, 6.45) is 1.49. The zero-order valence-corrected chi connectivity index (χ0v) is 13.5. The van der Waals surface area contributed by atoms with Crippen LogP contribution in [-0.2, 0) is 6.54 Å². The lowest BCUT2D eigenvalue weighted by atomic mass is 10.1. The van der Waals surface area contributed by atoms with Gasteiger partial charge in [0.2, 0.25) is 0 Å². The van der Waals surface area contributed by atoms with Crippen molar-refractivity contribution in [3.05, 3.63) is 64.5 Å². The molecule has 0 radical (unpaired) electrons. The van der Waals surface area contributed by atoms with E-state index in [-0.39, 0.29) is 11.7 Å². The Morgan fingerprint density at radius 1 is 1.27 bits per heavy atom. The maximum absolute atomic E-state index is 12.2. The van der Waals surface area contributed by atoms with Crippen LogP contribution in [0, 0.1) is 0 Å². The number of phenols is 1. The van der Waals surface area contributed by atoms with E-state index in [2.05, 4.69) is 15.9 Å². The van der Waals surface area contributed by atoms with Crippen LogP contribution in [-0.4, -0.2) is 23.0 Å². The maximum atomic E-state index is 12.2. The van der Waals surface area contributed by atoms with E-state index in [0.717, 1.165) is 16.3 Å². The largest absolute Gasteiger partial charge is 0.507 e. The first-order chi connectivity index (χ1) is 10.6. The molecule has 0 bridgehead atoms. The van der Waals surface area contributed by atoms with Gasteiger partial charge in [0.1, 0.15) is 5.75 Å². The van der Waals surface area contributed by atoms with Crippen molar-refractivity contribution in [2.75, 3.05) is 7.05 Å². The molecule has 4 nitrogen and oxygen atoms in total. The fourth-order valence-electron chi connectivity index (χ4n) is 2.36. The highest BCUT2D eigenvalue weighted by Crippen LogP contribution is 2.32. The van der Waals surface area contributed by atoms with E-state index < -0.39 is 0 Å². The molecule has 112 valence electrons. The number of rotatable bonds is 3. The van der Waals surface area contributed by atoms with E-state index in [0.29, 0.717) is 16.8 Å². The second-order valence-electron chi connectivity index (χ2n) is 5.09. The van der Waals surface area contributed by atoms with Crippen molar-refractivity contribution in [3.63, 3.8) is 0 Å². The first-order valence-electron chi connectivity index (χ1n) is 6.75. The molecule has 0 saturated carbocycles. The van der Waals surface area contributed by atoms with Gasteiger partial charge in [-0.1, -0.05) is 18.2 Å². The number of amides is 1. The molecule has 1 heterocycles. The molecule has 3 rings (SSSR count). The zero-order chi connectivity index (χ0) is 15.7. The van der Waals surface area contributed by atoms with Crippen molar-refractivity contribution in [2.45, 2.75) is 6.54 Å². The summed E-state index contributed by atoms with van der Waals surface area (Å²) in [6.45, 7) is 0.480. The minimum atomic E-state index is -0.156. The molecule has 1 N–H and O–H groups in total. The second kappa shape index (κ2) is 5.85. The Morgan fingerprint density at radius 2 is 2.09 bits per heavy atom. The lowest BCUT2D eigenvalue weighted by Crippen LogP contribution is -2.25. The number of carbonyl (C=O) groups is 1. The van der Waals surface area contributed by atoms with Gasteiger partial charge in [0.15, 0.2) is 5.76 Å². The number of benzene rings is 2. The number of nitrogens with zero attached hydrogens (tertiary/aromatic N) is 1. The number of hydrogen-bond acceptors (Lipinski definition) is 3. The number of halogens is 1. The van der Waals surface area contributed by atoms with Gasteiger partial charge in [-0.3, -0.25) is 4.79 Å². The topological polar surface area (TPSA) is 53.7 Å². The number of furan rings is 1. The van der Waals surface area contributed by atoms with Gasteiger partial charge in [-0.25, -0.2) is 0 Å². The van der Waals surface area contributed by atoms with E-state index in [9.17, 15) is 9.90 Å². The summed E-state index contributed by atoms with van der Waals surface area (Å²) in [5.41, 5.74) is 1.01. The van der Waals surface area contributed by atoms with Gasteiger partial charge >= 0.3 is 0 Å². The van der Waals surface area contributed by atoms with Gasteiger partial charge < -0.3 is 14.4 Å². The van der Waals surface area contributed by atoms with E-state index in [4.69, 9.17) is 4.42 Å². The first-order valence-corrected chi connectivity index (χ1v) is 7.54. The lowest BCUT2D eigenvalue weighted by molar-refractivity contribution is 0.0753. The quantitative estimate of drug-likeness (QED) is 0.763. The molecule has 5 heteroatoms. The molecule has 1 aromatic heterocycles. The van der Waals surface area contributed by atoms with Crippen molar-refractivity contribution in [3.8, 4) is 5.75 Å². The predicted octanol–water partition coefficient (Wildman–Crippen LogP) is 4.17. The number of phenolic OH excluding ortho intramolecular Hbond substituents is 1. The molecule has 0 fully saturated rings. The summed E-state index contributed by atoms with van der Waals surface area (Å²) in [7, 11) is 1.74. The minimum absolute atomic E-state index is 0.156. The summed E-state index contributed by atoms with van der Waals surface area (Å²) in [6, 6.07) is 12.7. The van der Waals surface area contributed by atoms with Gasteiger partial charge in [-0.2, -0.15) is 0 Å². The summed E-state index contributed by atoms with van der Waals surface area (Å²) < 4.78 is 5.81. The molecule has 0 aliphatic carbocycles. The highest BCUT2D eigenvalue weighted by atomic mass is 79.9. The fourth-order valence-corrected chi connectivity index (χ4v) is 2.86. The third-order valence-corrected chi connectivity index (χ3v) is 4.33. The molecule has 0 aliphatic rings. The standard InChI is InChI=1S/C17H14BrNO3/c1-19(17(21)15-3-2-8-22-15)10-11-4-6-13-12(9-11)5-7-14(20)16(13)18/h2-9,20H,10H2,1H3. The van der Waals surface area contributed by atoms with Crippen LogP contribution in [0.5, 0.6) is 5.75 Å². The molecule has 0 saturated heterocycles. The molecule has 3 aromatic rings. The summed E-state index contributed by atoms with van der Waals surface area (Å²) in [5.74, 6) is 0.387. The monoisotopic (exact) mass is 359 g/mol. The average molecular weight is 360 g/mol. The van der Waals surface area contributed by atoms with Gasteiger partial charge in [0.25, 0.3) is 5.91 Å². The van der Waals surface area contributed by atoms with Crippen molar-refractivity contribution in [1.82, 2.24) is 4.90 Å². The van der Waals surface area contributed by atoms with Crippen LogP contribution in [0.2, 0.25) is 0 Å².